The summed E-state index contributed by atoms with van der Waals surface area (Å²) in [5.74, 6) is -1.42. The van der Waals surface area contributed by atoms with Gasteiger partial charge >= 0.3 is 5.97 Å². The molecule has 6 nitrogen and oxygen atoms in total. The first kappa shape index (κ1) is 21.6. The van der Waals surface area contributed by atoms with E-state index in [9.17, 15) is 18.0 Å². The fraction of sp³-hybridized carbons (Fsp3) is 0.333. The molecular weight excluding hydrogens is 378 g/mol. The summed E-state index contributed by atoms with van der Waals surface area (Å²) >= 11 is 0. The van der Waals surface area contributed by atoms with Gasteiger partial charge in [-0.15, -0.1) is 0 Å². The molecule has 0 aliphatic rings. The normalized spacial score (nSPS) is 12.2. The number of aryl methyl sites for hydroxylation is 1. The Morgan fingerprint density at radius 2 is 1.64 bits per heavy atom. The molecule has 0 bridgehead atoms. The molecule has 2 aromatic rings. The number of sulfone groups is 1. The minimum absolute atomic E-state index is 0.00241. The summed E-state index contributed by atoms with van der Waals surface area (Å²) in [7, 11) is -2.24. The standard InChI is InChI=1S/C21H25NO5S/c1-16-9-11-19(12-10-16)22(20(17(2)23)21(24)27-3)13-14-28(25,26)15-18-7-5-4-6-8-18/h4-12,20H,13-15H2,1-3H3. The van der Waals surface area contributed by atoms with Gasteiger partial charge in [0.25, 0.3) is 0 Å². The van der Waals surface area contributed by atoms with E-state index in [2.05, 4.69) is 0 Å². The molecule has 0 aromatic heterocycles. The van der Waals surface area contributed by atoms with Crippen LogP contribution in [0.4, 0.5) is 5.69 Å². The van der Waals surface area contributed by atoms with Crippen molar-refractivity contribution in [1.29, 1.82) is 0 Å². The predicted octanol–water partition coefficient (Wildman–Crippen LogP) is 2.55. The molecule has 0 aliphatic heterocycles. The second-order valence-corrected chi connectivity index (χ2v) is 8.83. The largest absolute Gasteiger partial charge is 0.467 e. The number of ketones is 1. The van der Waals surface area contributed by atoms with Crippen LogP contribution in [0.15, 0.2) is 54.6 Å². The van der Waals surface area contributed by atoms with Gasteiger partial charge in [-0.2, -0.15) is 0 Å². The van der Waals surface area contributed by atoms with Gasteiger partial charge in [0.2, 0.25) is 0 Å². The van der Waals surface area contributed by atoms with E-state index in [1.807, 2.05) is 25.1 Å². The number of nitrogens with zero attached hydrogens (tertiary/aromatic N) is 1. The Labute approximate surface area is 166 Å². The third kappa shape index (κ3) is 5.92. The molecule has 0 fully saturated rings. The van der Waals surface area contributed by atoms with Gasteiger partial charge < -0.3 is 9.64 Å². The molecule has 1 atom stereocenters. The number of carbonyl (C=O) groups excluding carboxylic acids is 2. The van der Waals surface area contributed by atoms with Crippen LogP contribution in [-0.4, -0.2) is 45.6 Å². The van der Waals surface area contributed by atoms with Crippen LogP contribution in [0.1, 0.15) is 18.1 Å². The van der Waals surface area contributed by atoms with Crippen molar-refractivity contribution in [1.82, 2.24) is 0 Å². The summed E-state index contributed by atoms with van der Waals surface area (Å²) < 4.78 is 30.0. The fourth-order valence-electron chi connectivity index (χ4n) is 2.91. The molecule has 1 unspecified atom stereocenters. The van der Waals surface area contributed by atoms with E-state index < -0.39 is 27.6 Å². The van der Waals surface area contributed by atoms with Crippen molar-refractivity contribution in [3.63, 3.8) is 0 Å². The number of esters is 1. The number of carbonyl (C=O) groups is 2. The average molecular weight is 404 g/mol. The highest BCUT2D eigenvalue weighted by Gasteiger charge is 2.32. The Hall–Kier alpha value is -2.67. The third-order valence-corrected chi connectivity index (χ3v) is 5.94. The zero-order chi connectivity index (χ0) is 20.7. The maximum atomic E-state index is 12.6. The molecule has 2 rings (SSSR count). The summed E-state index contributed by atoms with van der Waals surface area (Å²) in [5, 5.41) is 0. The van der Waals surface area contributed by atoms with E-state index in [0.29, 0.717) is 11.3 Å². The van der Waals surface area contributed by atoms with Gasteiger partial charge in [-0.1, -0.05) is 48.0 Å². The summed E-state index contributed by atoms with van der Waals surface area (Å²) in [6, 6.07) is 14.9. The van der Waals surface area contributed by atoms with Gasteiger partial charge in [0.1, 0.15) is 0 Å². The van der Waals surface area contributed by atoms with E-state index in [4.69, 9.17) is 4.74 Å². The first-order valence-corrected chi connectivity index (χ1v) is 10.7. The number of benzene rings is 2. The quantitative estimate of drug-likeness (QED) is 0.473. The first-order valence-electron chi connectivity index (χ1n) is 8.89. The average Bonchev–Trinajstić information content (AvgIpc) is 2.65. The zero-order valence-corrected chi connectivity index (χ0v) is 17.1. The molecular formula is C21H25NO5S. The lowest BCUT2D eigenvalue weighted by Crippen LogP contribution is -2.48. The van der Waals surface area contributed by atoms with Gasteiger partial charge in [0, 0.05) is 12.2 Å². The van der Waals surface area contributed by atoms with Crippen LogP contribution in [0.2, 0.25) is 0 Å². The molecule has 2 aromatic carbocycles. The maximum Gasteiger partial charge on any atom is 0.336 e. The number of hydrogen-bond acceptors (Lipinski definition) is 6. The molecule has 7 heteroatoms. The van der Waals surface area contributed by atoms with Crippen molar-refractivity contribution >= 4 is 27.3 Å². The smallest absolute Gasteiger partial charge is 0.336 e. The van der Waals surface area contributed by atoms with Gasteiger partial charge in [-0.3, -0.25) is 4.79 Å². The van der Waals surface area contributed by atoms with E-state index in [1.54, 1.807) is 36.4 Å². The van der Waals surface area contributed by atoms with Crippen LogP contribution in [0.5, 0.6) is 0 Å². The molecule has 0 saturated heterocycles. The minimum atomic E-state index is -3.44. The van der Waals surface area contributed by atoms with Crippen molar-refractivity contribution in [2.75, 3.05) is 24.3 Å². The van der Waals surface area contributed by atoms with Crippen LogP contribution < -0.4 is 4.90 Å². The Morgan fingerprint density at radius 1 is 1.04 bits per heavy atom. The van der Waals surface area contributed by atoms with Crippen LogP contribution in [-0.2, 0) is 29.9 Å². The third-order valence-electron chi connectivity index (χ3n) is 4.36. The van der Waals surface area contributed by atoms with Crippen LogP contribution in [0, 0.1) is 6.92 Å². The second kappa shape index (κ2) is 9.50. The summed E-state index contributed by atoms with van der Waals surface area (Å²) in [5.41, 5.74) is 2.30. The lowest BCUT2D eigenvalue weighted by atomic mass is 10.1. The van der Waals surface area contributed by atoms with Crippen molar-refractivity contribution in [2.45, 2.75) is 25.6 Å². The first-order chi connectivity index (χ1) is 13.2. The van der Waals surface area contributed by atoms with Gasteiger partial charge in [0.15, 0.2) is 21.7 Å². The molecule has 0 heterocycles. The Bertz CT molecular complexity index is 908. The predicted molar refractivity (Wildman–Crippen MR) is 109 cm³/mol. The summed E-state index contributed by atoms with van der Waals surface area (Å²) in [6.45, 7) is 3.21. The highest BCUT2D eigenvalue weighted by molar-refractivity contribution is 7.90. The highest BCUT2D eigenvalue weighted by atomic mass is 32.2. The number of Topliss-reactive ketones (excluding diaryl/α,β-unsaturated/α-hetero) is 1. The van der Waals surface area contributed by atoms with E-state index in [-0.39, 0.29) is 18.1 Å². The molecule has 0 spiro atoms. The fourth-order valence-corrected chi connectivity index (χ4v) is 4.23. The van der Waals surface area contributed by atoms with Crippen LogP contribution in [0.25, 0.3) is 0 Å². The number of hydrogen-bond donors (Lipinski definition) is 0. The van der Waals surface area contributed by atoms with Crippen molar-refractivity contribution in [2.24, 2.45) is 0 Å². The monoisotopic (exact) mass is 403 g/mol. The van der Waals surface area contributed by atoms with Gasteiger partial charge in [-0.05, 0) is 31.5 Å². The molecule has 0 amide bonds. The number of methoxy groups -OCH3 is 1. The van der Waals surface area contributed by atoms with Gasteiger partial charge in [-0.25, -0.2) is 13.2 Å². The van der Waals surface area contributed by atoms with Crippen molar-refractivity contribution in [3.05, 3.63) is 65.7 Å². The zero-order valence-electron chi connectivity index (χ0n) is 16.3. The van der Waals surface area contributed by atoms with E-state index in [0.717, 1.165) is 5.56 Å². The molecule has 0 radical (unpaired) electrons. The molecule has 0 saturated carbocycles. The number of anilines is 1. The van der Waals surface area contributed by atoms with Crippen LogP contribution >= 0.6 is 0 Å². The van der Waals surface area contributed by atoms with E-state index in [1.165, 1.54) is 18.9 Å². The lowest BCUT2D eigenvalue weighted by molar-refractivity contribution is -0.145. The van der Waals surface area contributed by atoms with Crippen LogP contribution in [0.3, 0.4) is 0 Å². The number of rotatable bonds is 9. The van der Waals surface area contributed by atoms with Crippen molar-refractivity contribution in [3.8, 4) is 0 Å². The molecule has 150 valence electrons. The summed E-state index contributed by atoms with van der Waals surface area (Å²) in [6.07, 6.45) is 0. The molecule has 28 heavy (non-hydrogen) atoms. The topological polar surface area (TPSA) is 80.8 Å². The highest BCUT2D eigenvalue weighted by Crippen LogP contribution is 2.20. The van der Waals surface area contributed by atoms with E-state index >= 15 is 0 Å². The number of ether oxygens (including phenoxy) is 1. The van der Waals surface area contributed by atoms with Crippen molar-refractivity contribution < 1.29 is 22.7 Å². The Morgan fingerprint density at radius 3 is 2.18 bits per heavy atom. The minimum Gasteiger partial charge on any atom is -0.467 e. The maximum absolute atomic E-state index is 12.6. The van der Waals surface area contributed by atoms with Gasteiger partial charge in [0.05, 0.1) is 18.6 Å². The molecule has 0 N–H and O–H groups in total. The molecule has 0 aliphatic carbocycles. The Kier molecular flexibility index (Phi) is 7.34. The second-order valence-electron chi connectivity index (χ2n) is 6.64. The lowest BCUT2D eigenvalue weighted by Gasteiger charge is -2.30. The SMILES string of the molecule is COC(=O)C(C(C)=O)N(CCS(=O)(=O)Cc1ccccc1)c1ccc(C)cc1. The summed E-state index contributed by atoms with van der Waals surface area (Å²) in [4.78, 5) is 25.9. The Balaban J connectivity index is 2.27.